The van der Waals surface area contributed by atoms with Gasteiger partial charge in [0.25, 0.3) is 0 Å². The number of aliphatic hydroxyl groups is 1. The summed E-state index contributed by atoms with van der Waals surface area (Å²) in [5.41, 5.74) is -2.22. The first-order valence-electron chi connectivity index (χ1n) is 19.7. The summed E-state index contributed by atoms with van der Waals surface area (Å²) in [5.74, 6) is -3.13. The van der Waals surface area contributed by atoms with E-state index >= 15 is 0 Å². The number of hydrogen-bond donors (Lipinski definition) is 2. The molecule has 0 saturated heterocycles. The van der Waals surface area contributed by atoms with Gasteiger partial charge in [0.15, 0.2) is 0 Å². The van der Waals surface area contributed by atoms with Crippen molar-refractivity contribution in [1.29, 1.82) is 0 Å². The summed E-state index contributed by atoms with van der Waals surface area (Å²) in [4.78, 5) is 46.6. The third-order valence-electron chi connectivity index (χ3n) is 7.76. The van der Waals surface area contributed by atoms with E-state index in [2.05, 4.69) is 0 Å². The molecule has 2 N–H and O–H groups in total. The van der Waals surface area contributed by atoms with Crippen molar-refractivity contribution in [3.05, 3.63) is 129 Å². The predicted molar refractivity (Wildman–Crippen MR) is 228 cm³/mol. The van der Waals surface area contributed by atoms with Gasteiger partial charge in [-0.3, -0.25) is 9.59 Å². The predicted octanol–water partition coefficient (Wildman–Crippen LogP) is 11.8. The fourth-order valence-electron chi connectivity index (χ4n) is 5.03. The summed E-state index contributed by atoms with van der Waals surface area (Å²) in [6, 6.07) is 20.2. The van der Waals surface area contributed by atoms with Crippen LogP contribution in [0.25, 0.3) is 0 Å². The summed E-state index contributed by atoms with van der Waals surface area (Å²) in [5, 5.41) is 18.4. The molecule has 0 aliphatic carbocycles. The molecule has 0 saturated carbocycles. The number of benzene rings is 4. The number of halogens is 8. The van der Waals surface area contributed by atoms with Crippen LogP contribution in [-0.4, -0.2) is 58.5 Å². The number of alkyl halides is 6. The number of carbonyl (C=O) groups is 4. The quantitative estimate of drug-likeness (QED) is 0.0506. The number of esters is 3. The standard InChI is InChI=1S/C23H24ClF3O5.C15H10ClF3O3.C8H16O3/c1-22(2,3)32-19(28)8-5-13-30-21(29)20(15-9-11-17(24)12-10-15)31-18-7-4-6-16(14-18)23(25,26)27;16-11-6-4-9(5-7-11)13(14(20)21)22-12-3-1-2-10(8-12)15(17,18)19;1-8(2,3)11-7(10)5-4-6-9/h4,6-7,9-12,14,20H,5,8,13H2,1-3H3;1-8,13H,(H,20,21);9H,4-6H2,1-3H3/t20-;13-;/m11./s1. The molecule has 4 aromatic rings. The van der Waals surface area contributed by atoms with Gasteiger partial charge in [-0.05, 0) is 115 Å². The molecule has 2 atom stereocenters. The molecule has 65 heavy (non-hydrogen) atoms. The Morgan fingerprint density at radius 1 is 0.585 bits per heavy atom. The van der Waals surface area contributed by atoms with Gasteiger partial charge in [0.2, 0.25) is 12.2 Å². The van der Waals surface area contributed by atoms with Crippen molar-refractivity contribution in [2.75, 3.05) is 13.2 Å². The zero-order valence-corrected chi connectivity index (χ0v) is 37.7. The first-order valence-corrected chi connectivity index (χ1v) is 20.5. The van der Waals surface area contributed by atoms with E-state index in [-0.39, 0.29) is 49.1 Å². The second-order valence-electron chi connectivity index (χ2n) is 15.8. The Labute approximate surface area is 382 Å². The smallest absolute Gasteiger partial charge is 0.416 e. The molecule has 0 aromatic heterocycles. The first-order chi connectivity index (χ1) is 30.1. The van der Waals surface area contributed by atoms with Crippen LogP contribution in [0.5, 0.6) is 11.5 Å². The van der Waals surface area contributed by atoms with Crippen molar-refractivity contribution in [2.24, 2.45) is 0 Å². The van der Waals surface area contributed by atoms with Crippen LogP contribution in [-0.2, 0) is 45.7 Å². The van der Waals surface area contributed by atoms with Gasteiger partial charge in [-0.2, -0.15) is 26.3 Å². The molecule has 4 rings (SSSR count). The molecule has 19 heteroatoms. The molecule has 0 fully saturated rings. The van der Waals surface area contributed by atoms with E-state index in [1.165, 1.54) is 66.7 Å². The summed E-state index contributed by atoms with van der Waals surface area (Å²) >= 11 is 11.6. The Kier molecular flexibility index (Phi) is 21.6. The fraction of sp³-hybridized carbons (Fsp3) is 0.391. The Hall–Kier alpha value is -5.52. The van der Waals surface area contributed by atoms with Crippen molar-refractivity contribution < 1.29 is 79.4 Å². The fourth-order valence-corrected chi connectivity index (χ4v) is 5.28. The number of aliphatic carboxylic acids is 1. The molecule has 0 bridgehead atoms. The highest BCUT2D eigenvalue weighted by molar-refractivity contribution is 6.30. The molecule has 0 aliphatic heterocycles. The lowest BCUT2D eigenvalue weighted by atomic mass is 10.1. The van der Waals surface area contributed by atoms with Crippen LogP contribution in [0, 0.1) is 0 Å². The first kappa shape index (κ1) is 55.6. The maximum Gasteiger partial charge on any atom is 0.416 e. The number of ether oxygens (including phenoxy) is 5. The minimum Gasteiger partial charge on any atom is -0.478 e. The molecular weight excluding hydrogens is 913 g/mol. The number of carbonyl (C=O) groups excluding carboxylic acids is 3. The van der Waals surface area contributed by atoms with E-state index in [4.69, 9.17) is 52.0 Å². The summed E-state index contributed by atoms with van der Waals surface area (Å²) in [6.45, 7) is 10.6. The van der Waals surface area contributed by atoms with Crippen molar-refractivity contribution in [1.82, 2.24) is 0 Å². The normalized spacial score (nSPS) is 12.5. The number of aliphatic hydroxyl groups excluding tert-OH is 1. The molecule has 0 aliphatic rings. The maximum atomic E-state index is 13.0. The lowest BCUT2D eigenvalue weighted by Crippen LogP contribution is -2.24. The van der Waals surface area contributed by atoms with Gasteiger partial charge in [0.1, 0.15) is 22.7 Å². The van der Waals surface area contributed by atoms with Crippen LogP contribution < -0.4 is 9.47 Å². The molecule has 4 aromatic carbocycles. The van der Waals surface area contributed by atoms with Gasteiger partial charge in [-0.25, -0.2) is 9.59 Å². The molecule has 0 unspecified atom stereocenters. The largest absolute Gasteiger partial charge is 0.478 e. The van der Waals surface area contributed by atoms with Crippen LogP contribution in [0.15, 0.2) is 97.1 Å². The molecule has 11 nitrogen and oxygen atoms in total. The average molecular weight is 964 g/mol. The van der Waals surface area contributed by atoms with E-state index in [1.807, 2.05) is 20.8 Å². The van der Waals surface area contributed by atoms with E-state index < -0.39 is 64.8 Å². The van der Waals surface area contributed by atoms with Gasteiger partial charge in [0, 0.05) is 40.6 Å². The third kappa shape index (κ3) is 22.3. The van der Waals surface area contributed by atoms with Crippen LogP contribution in [0.1, 0.15) is 102 Å². The summed E-state index contributed by atoms with van der Waals surface area (Å²) in [7, 11) is 0. The zero-order chi connectivity index (χ0) is 49.2. The Morgan fingerprint density at radius 2 is 0.969 bits per heavy atom. The van der Waals surface area contributed by atoms with E-state index in [9.17, 15) is 50.6 Å². The van der Waals surface area contributed by atoms with Gasteiger partial charge in [-0.15, -0.1) is 0 Å². The molecule has 0 radical (unpaired) electrons. The average Bonchev–Trinajstić information content (AvgIpc) is 3.19. The van der Waals surface area contributed by atoms with E-state index in [0.29, 0.717) is 28.5 Å². The van der Waals surface area contributed by atoms with Crippen molar-refractivity contribution in [3.63, 3.8) is 0 Å². The Balaban J connectivity index is 0.000000378. The molecule has 0 amide bonds. The Morgan fingerprint density at radius 3 is 1.34 bits per heavy atom. The molecule has 356 valence electrons. The van der Waals surface area contributed by atoms with Crippen molar-refractivity contribution in [2.45, 2.75) is 103 Å². The molecule has 0 heterocycles. The number of rotatable bonds is 15. The molecular formula is C46H50Cl2F6O11. The third-order valence-corrected chi connectivity index (χ3v) is 8.27. The highest BCUT2D eigenvalue weighted by Crippen LogP contribution is 2.34. The van der Waals surface area contributed by atoms with Gasteiger partial charge in [-0.1, -0.05) is 59.6 Å². The van der Waals surface area contributed by atoms with Crippen molar-refractivity contribution >= 4 is 47.1 Å². The number of hydrogen-bond acceptors (Lipinski definition) is 10. The number of carboxylic acid groups (broad SMARTS) is 1. The second kappa shape index (κ2) is 25.2. The van der Waals surface area contributed by atoms with Gasteiger partial charge in [0.05, 0.1) is 17.7 Å². The van der Waals surface area contributed by atoms with E-state index in [1.54, 1.807) is 20.8 Å². The minimum absolute atomic E-state index is 0.0409. The highest BCUT2D eigenvalue weighted by Gasteiger charge is 2.33. The van der Waals surface area contributed by atoms with E-state index in [0.717, 1.165) is 30.3 Å². The number of carboxylic acids is 1. The maximum absolute atomic E-state index is 13.0. The van der Waals surface area contributed by atoms with Crippen LogP contribution >= 0.6 is 23.2 Å². The van der Waals surface area contributed by atoms with Crippen LogP contribution in [0.3, 0.4) is 0 Å². The lowest BCUT2D eigenvalue weighted by molar-refractivity contribution is -0.158. The summed E-state index contributed by atoms with van der Waals surface area (Å²) in [6.07, 6.45) is -10.8. The van der Waals surface area contributed by atoms with Gasteiger partial charge >= 0.3 is 36.2 Å². The Bertz CT molecular complexity index is 2130. The lowest BCUT2D eigenvalue weighted by Gasteiger charge is -2.20. The van der Waals surface area contributed by atoms with Crippen LogP contribution in [0.2, 0.25) is 10.0 Å². The van der Waals surface area contributed by atoms with Gasteiger partial charge < -0.3 is 33.9 Å². The molecule has 0 spiro atoms. The van der Waals surface area contributed by atoms with Crippen molar-refractivity contribution in [3.8, 4) is 11.5 Å². The second-order valence-corrected chi connectivity index (χ2v) is 16.6. The SMILES string of the molecule is CC(C)(C)OC(=O)CCCO.CC(C)(C)OC(=O)CCCOC(=O)[C@H](Oc1cccc(C(F)(F)F)c1)c1ccc(Cl)cc1.O=C(O)[C@H](Oc1cccc(C(F)(F)F)c1)c1ccc(Cl)cc1. The minimum atomic E-state index is -4.56. The topological polar surface area (TPSA) is 155 Å². The monoisotopic (exact) mass is 962 g/mol. The zero-order valence-electron chi connectivity index (χ0n) is 36.2. The summed E-state index contributed by atoms with van der Waals surface area (Å²) < 4.78 is 103. The van der Waals surface area contributed by atoms with Crippen LogP contribution in [0.4, 0.5) is 26.3 Å². The highest BCUT2D eigenvalue weighted by atomic mass is 35.5.